The fourth-order valence-corrected chi connectivity index (χ4v) is 2.92. The summed E-state index contributed by atoms with van der Waals surface area (Å²) >= 11 is 0. The number of nitrogens with zero attached hydrogens (tertiary/aromatic N) is 1. The average molecular weight is 279 g/mol. The predicted octanol–water partition coefficient (Wildman–Crippen LogP) is 3.51. The molecule has 20 heavy (non-hydrogen) atoms. The first-order chi connectivity index (χ1) is 9.69. The number of benzene rings is 1. The molecule has 1 aromatic carbocycles. The zero-order valence-electron chi connectivity index (χ0n) is 12.6. The van der Waals surface area contributed by atoms with Crippen LogP contribution in [0.1, 0.15) is 31.7 Å². The summed E-state index contributed by atoms with van der Waals surface area (Å²) in [4.78, 5) is 2.51. The van der Waals surface area contributed by atoms with E-state index in [1.165, 1.54) is 24.9 Å². The van der Waals surface area contributed by atoms with E-state index in [1.807, 2.05) is 19.2 Å². The van der Waals surface area contributed by atoms with Crippen LogP contribution in [-0.4, -0.2) is 37.7 Å². The summed E-state index contributed by atoms with van der Waals surface area (Å²) < 4.78 is 18.3. The van der Waals surface area contributed by atoms with Gasteiger partial charge in [0, 0.05) is 13.7 Å². The van der Waals surface area contributed by atoms with E-state index in [4.69, 9.17) is 4.74 Å². The van der Waals surface area contributed by atoms with Crippen LogP contribution in [0.2, 0.25) is 0 Å². The van der Waals surface area contributed by atoms with Gasteiger partial charge in [-0.2, -0.15) is 0 Å². The summed E-state index contributed by atoms with van der Waals surface area (Å²) in [6, 6.07) is 6.87. The molecule has 1 saturated heterocycles. The summed E-state index contributed by atoms with van der Waals surface area (Å²) in [6.45, 7) is 5.68. The first kappa shape index (κ1) is 15.5. The van der Waals surface area contributed by atoms with E-state index in [-0.39, 0.29) is 5.82 Å². The number of halogens is 1. The van der Waals surface area contributed by atoms with Crippen molar-refractivity contribution in [2.45, 2.75) is 38.7 Å². The molecule has 3 heteroatoms. The molecule has 112 valence electrons. The minimum atomic E-state index is -0.151. The number of methoxy groups -OCH3 is 1. The fourth-order valence-electron chi connectivity index (χ4n) is 2.92. The maximum atomic E-state index is 12.8. The van der Waals surface area contributed by atoms with Crippen molar-refractivity contribution < 1.29 is 9.13 Å². The molecular formula is C17H26FNO. The van der Waals surface area contributed by atoms with Gasteiger partial charge in [0.05, 0.1) is 6.10 Å². The van der Waals surface area contributed by atoms with Crippen molar-refractivity contribution in [3.63, 3.8) is 0 Å². The lowest BCUT2D eigenvalue weighted by molar-refractivity contribution is -0.00521. The lowest BCUT2D eigenvalue weighted by Gasteiger charge is -2.36. The molecule has 2 nitrogen and oxygen atoms in total. The molecule has 1 fully saturated rings. The minimum Gasteiger partial charge on any atom is -0.380 e. The summed E-state index contributed by atoms with van der Waals surface area (Å²) in [6.07, 6.45) is 5.02. The van der Waals surface area contributed by atoms with Crippen LogP contribution in [0.4, 0.5) is 4.39 Å². The zero-order chi connectivity index (χ0) is 14.4. The van der Waals surface area contributed by atoms with Crippen molar-refractivity contribution in [1.29, 1.82) is 0 Å². The van der Waals surface area contributed by atoms with E-state index < -0.39 is 0 Å². The van der Waals surface area contributed by atoms with Crippen LogP contribution in [0.25, 0.3) is 0 Å². The quantitative estimate of drug-likeness (QED) is 0.739. The number of rotatable bonds is 6. The Balaban J connectivity index is 1.65. The standard InChI is InChI=1S/C17H26FNO/c1-14-10-12-19(13-17(14)20-2)11-4-3-5-15-6-8-16(18)9-7-15/h6-9,14,17H,3-5,10-13H2,1-2H3. The van der Waals surface area contributed by atoms with Crippen LogP contribution in [0.3, 0.4) is 0 Å². The van der Waals surface area contributed by atoms with E-state index in [2.05, 4.69) is 11.8 Å². The first-order valence-electron chi connectivity index (χ1n) is 7.68. The largest absolute Gasteiger partial charge is 0.380 e. The highest BCUT2D eigenvalue weighted by atomic mass is 19.1. The van der Waals surface area contributed by atoms with Gasteiger partial charge in [-0.15, -0.1) is 0 Å². The Morgan fingerprint density at radius 3 is 2.70 bits per heavy atom. The fraction of sp³-hybridized carbons (Fsp3) is 0.647. The molecule has 1 heterocycles. The Hall–Kier alpha value is -0.930. The lowest BCUT2D eigenvalue weighted by atomic mass is 9.95. The van der Waals surface area contributed by atoms with Gasteiger partial charge in [-0.05, 0) is 62.4 Å². The number of likely N-dealkylation sites (tertiary alicyclic amines) is 1. The molecule has 1 aliphatic rings. The van der Waals surface area contributed by atoms with Gasteiger partial charge in [0.2, 0.25) is 0 Å². The third kappa shape index (κ3) is 4.57. The predicted molar refractivity (Wildman–Crippen MR) is 80.4 cm³/mol. The van der Waals surface area contributed by atoms with Gasteiger partial charge >= 0.3 is 0 Å². The molecule has 1 aromatic rings. The topological polar surface area (TPSA) is 12.5 Å². The maximum absolute atomic E-state index is 12.8. The molecule has 0 bridgehead atoms. The van der Waals surface area contributed by atoms with Crippen molar-refractivity contribution in [3.8, 4) is 0 Å². The van der Waals surface area contributed by atoms with Crippen LogP contribution in [-0.2, 0) is 11.2 Å². The summed E-state index contributed by atoms with van der Waals surface area (Å²) in [5.74, 6) is 0.525. The molecule has 0 amide bonds. The van der Waals surface area contributed by atoms with Gasteiger partial charge < -0.3 is 9.64 Å². The molecular weight excluding hydrogens is 253 g/mol. The first-order valence-corrected chi connectivity index (χ1v) is 7.68. The second-order valence-corrected chi connectivity index (χ2v) is 5.92. The molecule has 2 rings (SSSR count). The van der Waals surface area contributed by atoms with E-state index in [9.17, 15) is 4.39 Å². The lowest BCUT2D eigenvalue weighted by Crippen LogP contribution is -2.44. The number of unbranched alkanes of at least 4 members (excludes halogenated alkanes) is 1. The van der Waals surface area contributed by atoms with Crippen LogP contribution in [0.15, 0.2) is 24.3 Å². The summed E-state index contributed by atoms with van der Waals surface area (Å²) in [5, 5.41) is 0. The number of piperidine rings is 1. The van der Waals surface area contributed by atoms with Crippen molar-refractivity contribution >= 4 is 0 Å². The smallest absolute Gasteiger partial charge is 0.123 e. The molecule has 0 aromatic heterocycles. The van der Waals surface area contributed by atoms with Crippen molar-refractivity contribution in [2.75, 3.05) is 26.7 Å². The SMILES string of the molecule is COC1CN(CCCCc2ccc(F)cc2)CCC1C. The second kappa shape index (κ2) is 7.75. The van der Waals surface area contributed by atoms with Gasteiger partial charge in [0.25, 0.3) is 0 Å². The Bertz CT molecular complexity index is 392. The van der Waals surface area contributed by atoms with Gasteiger partial charge in [-0.25, -0.2) is 4.39 Å². The number of aryl methyl sites for hydroxylation is 1. The zero-order valence-corrected chi connectivity index (χ0v) is 12.6. The highest BCUT2D eigenvalue weighted by molar-refractivity contribution is 5.15. The maximum Gasteiger partial charge on any atom is 0.123 e. The van der Waals surface area contributed by atoms with Crippen LogP contribution in [0, 0.1) is 11.7 Å². The number of hydrogen-bond acceptors (Lipinski definition) is 2. The van der Waals surface area contributed by atoms with E-state index in [0.29, 0.717) is 12.0 Å². The third-order valence-corrected chi connectivity index (χ3v) is 4.38. The normalized spacial score (nSPS) is 23.9. The van der Waals surface area contributed by atoms with Gasteiger partial charge in [0.1, 0.15) is 5.82 Å². The summed E-state index contributed by atoms with van der Waals surface area (Å²) in [5.41, 5.74) is 1.23. The minimum absolute atomic E-state index is 0.151. The van der Waals surface area contributed by atoms with E-state index in [1.54, 1.807) is 12.1 Å². The molecule has 0 spiro atoms. The molecule has 0 N–H and O–H groups in total. The van der Waals surface area contributed by atoms with Gasteiger partial charge in [-0.3, -0.25) is 0 Å². The Morgan fingerprint density at radius 1 is 1.25 bits per heavy atom. The Labute approximate surface area is 121 Å². The monoisotopic (exact) mass is 279 g/mol. The average Bonchev–Trinajstić information content (AvgIpc) is 2.47. The second-order valence-electron chi connectivity index (χ2n) is 5.92. The van der Waals surface area contributed by atoms with Crippen molar-refractivity contribution in [1.82, 2.24) is 4.90 Å². The molecule has 0 saturated carbocycles. The highest BCUT2D eigenvalue weighted by Crippen LogP contribution is 2.19. The molecule has 0 aliphatic carbocycles. The van der Waals surface area contributed by atoms with E-state index in [0.717, 1.165) is 25.9 Å². The molecule has 1 aliphatic heterocycles. The molecule has 0 radical (unpaired) electrons. The van der Waals surface area contributed by atoms with Gasteiger partial charge in [-0.1, -0.05) is 19.1 Å². The molecule has 2 atom stereocenters. The Morgan fingerprint density at radius 2 is 2.00 bits per heavy atom. The Kier molecular flexibility index (Phi) is 5.99. The summed E-state index contributed by atoms with van der Waals surface area (Å²) in [7, 11) is 1.82. The van der Waals surface area contributed by atoms with Crippen LogP contribution >= 0.6 is 0 Å². The number of ether oxygens (including phenoxy) is 1. The third-order valence-electron chi connectivity index (χ3n) is 4.38. The van der Waals surface area contributed by atoms with Crippen LogP contribution in [0.5, 0.6) is 0 Å². The van der Waals surface area contributed by atoms with E-state index >= 15 is 0 Å². The highest BCUT2D eigenvalue weighted by Gasteiger charge is 2.25. The number of hydrogen-bond donors (Lipinski definition) is 0. The van der Waals surface area contributed by atoms with Crippen LogP contribution < -0.4 is 0 Å². The van der Waals surface area contributed by atoms with Crippen molar-refractivity contribution in [2.24, 2.45) is 5.92 Å². The molecule has 2 unspecified atom stereocenters. The van der Waals surface area contributed by atoms with Crippen molar-refractivity contribution in [3.05, 3.63) is 35.6 Å². The van der Waals surface area contributed by atoms with Gasteiger partial charge in [0.15, 0.2) is 0 Å².